The largest absolute Gasteiger partial charge is 0.294 e. The number of hydrazine groups is 1. The molecule has 1 amide bonds. The fourth-order valence-electron chi connectivity index (χ4n) is 1.87. The fraction of sp³-hybridized carbons (Fsp3) is 0.143. The van der Waals surface area contributed by atoms with Crippen LogP contribution >= 0.6 is 15.9 Å². The number of carbonyl (C=O) groups excluding carboxylic acids is 1. The van der Waals surface area contributed by atoms with Crippen molar-refractivity contribution in [1.82, 2.24) is 20.5 Å². The minimum atomic E-state index is -0.620. The van der Waals surface area contributed by atoms with E-state index in [1.165, 1.54) is 17.8 Å². The number of nitrogens with zero attached hydrogens (tertiary/aromatic N) is 3. The number of carbonyl (C=O) groups is 1. The number of hydrogen-bond donors (Lipinski definition) is 3. The molecule has 4 N–H and O–H groups in total. The maximum absolute atomic E-state index is 12.5. The zero-order valence-corrected chi connectivity index (χ0v) is 14.1. The third-order valence-electron chi connectivity index (χ3n) is 2.94. The quantitative estimate of drug-likeness (QED) is 0.304. The number of nitrogens with one attached hydrogen (secondary N) is 2. The lowest BCUT2D eigenvalue weighted by atomic mass is 10.2. The summed E-state index contributed by atoms with van der Waals surface area (Å²) < 4.78 is 2.05. The van der Waals surface area contributed by atoms with Crippen LogP contribution in [-0.4, -0.2) is 28.7 Å². The van der Waals surface area contributed by atoms with E-state index >= 15 is 0 Å². The third-order valence-corrected chi connectivity index (χ3v) is 3.47. The van der Waals surface area contributed by atoms with Gasteiger partial charge in [0.2, 0.25) is 5.96 Å². The zero-order valence-electron chi connectivity index (χ0n) is 12.5. The maximum atomic E-state index is 12.5. The first-order chi connectivity index (χ1) is 11.0. The Morgan fingerprint density at radius 1 is 1.35 bits per heavy atom. The number of halogens is 1. The lowest BCUT2D eigenvalue weighted by Gasteiger charge is -2.10. The van der Waals surface area contributed by atoms with Crippen molar-refractivity contribution in [3.63, 3.8) is 0 Å². The van der Waals surface area contributed by atoms with Crippen molar-refractivity contribution in [3.05, 3.63) is 56.4 Å². The van der Waals surface area contributed by atoms with Crippen LogP contribution in [0.25, 0.3) is 5.69 Å². The lowest BCUT2D eigenvalue weighted by Crippen LogP contribution is -2.46. The summed E-state index contributed by atoms with van der Waals surface area (Å²) in [6.07, 6.45) is 0. The van der Waals surface area contributed by atoms with E-state index in [1.807, 2.05) is 0 Å². The van der Waals surface area contributed by atoms with Crippen molar-refractivity contribution in [2.75, 3.05) is 7.05 Å². The molecular weight excluding hydrogens is 364 g/mol. The van der Waals surface area contributed by atoms with Crippen LogP contribution < -0.4 is 22.1 Å². The lowest BCUT2D eigenvalue weighted by molar-refractivity contribution is 0.0973. The van der Waals surface area contributed by atoms with E-state index in [9.17, 15) is 9.59 Å². The molecule has 23 heavy (non-hydrogen) atoms. The van der Waals surface area contributed by atoms with E-state index < -0.39 is 11.5 Å². The molecule has 0 saturated heterocycles. The molecule has 1 heterocycles. The Bertz CT molecular complexity index is 813. The molecule has 2 rings (SSSR count). The van der Waals surface area contributed by atoms with Crippen molar-refractivity contribution in [3.8, 4) is 5.69 Å². The van der Waals surface area contributed by atoms with Gasteiger partial charge in [0.15, 0.2) is 0 Å². The monoisotopic (exact) mass is 378 g/mol. The second-order valence-electron chi connectivity index (χ2n) is 4.56. The summed E-state index contributed by atoms with van der Waals surface area (Å²) in [5.41, 5.74) is 2.70. The van der Waals surface area contributed by atoms with Crippen molar-refractivity contribution in [2.45, 2.75) is 6.92 Å². The van der Waals surface area contributed by atoms with E-state index in [0.717, 1.165) is 4.47 Å². The summed E-state index contributed by atoms with van der Waals surface area (Å²) in [6, 6.07) is 8.42. The Balaban J connectivity index is 2.49. The number of aromatic nitrogens is 2. The first-order valence-corrected chi connectivity index (χ1v) is 7.37. The van der Waals surface area contributed by atoms with Crippen LogP contribution in [0, 0.1) is 6.92 Å². The summed E-state index contributed by atoms with van der Waals surface area (Å²) in [6.45, 7) is 1.70. The molecule has 0 unspecified atom stereocenters. The molecule has 1 aromatic carbocycles. The number of nitrogens with two attached hydrogens (primary N) is 1. The summed E-state index contributed by atoms with van der Waals surface area (Å²) in [5, 5.41) is 6.59. The molecule has 0 fully saturated rings. The highest BCUT2D eigenvalue weighted by Gasteiger charge is 2.16. The Kier molecular flexibility index (Phi) is 5.24. The minimum absolute atomic E-state index is 0.0547. The predicted octanol–water partition coefficient (Wildman–Crippen LogP) is 0.482. The van der Waals surface area contributed by atoms with Gasteiger partial charge in [0, 0.05) is 11.5 Å². The van der Waals surface area contributed by atoms with Gasteiger partial charge in [-0.15, -0.1) is 0 Å². The summed E-state index contributed by atoms with van der Waals surface area (Å²) >= 11 is 3.33. The van der Waals surface area contributed by atoms with E-state index in [4.69, 9.17) is 5.84 Å². The van der Waals surface area contributed by atoms with Crippen molar-refractivity contribution >= 4 is 27.8 Å². The van der Waals surface area contributed by atoms with Gasteiger partial charge in [-0.25, -0.2) is 5.84 Å². The molecule has 0 spiro atoms. The second kappa shape index (κ2) is 7.16. The van der Waals surface area contributed by atoms with Gasteiger partial charge in [-0.05, 0) is 37.3 Å². The number of aliphatic imine (C=N–C) groups is 1. The van der Waals surface area contributed by atoms with E-state index in [1.54, 1.807) is 31.2 Å². The first-order valence-electron chi connectivity index (χ1n) is 6.58. The Hall–Kier alpha value is -2.52. The number of benzene rings is 1. The van der Waals surface area contributed by atoms with Gasteiger partial charge >= 0.3 is 0 Å². The van der Waals surface area contributed by atoms with Crippen LogP contribution in [0.5, 0.6) is 0 Å². The highest BCUT2D eigenvalue weighted by atomic mass is 79.9. The summed E-state index contributed by atoms with van der Waals surface area (Å²) in [7, 11) is 1.45. The van der Waals surface area contributed by atoms with Crippen molar-refractivity contribution < 1.29 is 4.79 Å². The van der Waals surface area contributed by atoms with Crippen LogP contribution in [0.15, 0.2) is 44.6 Å². The van der Waals surface area contributed by atoms with Gasteiger partial charge in [0.25, 0.3) is 11.5 Å². The topological polar surface area (TPSA) is 114 Å². The Morgan fingerprint density at radius 3 is 2.57 bits per heavy atom. The number of rotatable bonds is 2. The van der Waals surface area contributed by atoms with E-state index in [0.29, 0.717) is 11.4 Å². The van der Waals surface area contributed by atoms with Crippen molar-refractivity contribution in [1.29, 1.82) is 0 Å². The van der Waals surface area contributed by atoms with Gasteiger partial charge in [0.05, 0.1) is 11.4 Å². The van der Waals surface area contributed by atoms with E-state index in [-0.39, 0.29) is 11.5 Å². The van der Waals surface area contributed by atoms with Crippen LogP contribution in [0.1, 0.15) is 16.1 Å². The average molecular weight is 379 g/mol. The fourth-order valence-corrected chi connectivity index (χ4v) is 2.13. The van der Waals surface area contributed by atoms with Gasteiger partial charge in [-0.2, -0.15) is 9.78 Å². The van der Waals surface area contributed by atoms with Crippen LogP contribution in [-0.2, 0) is 0 Å². The molecule has 0 atom stereocenters. The summed E-state index contributed by atoms with van der Waals surface area (Å²) in [4.78, 5) is 28.5. The van der Waals surface area contributed by atoms with Crippen LogP contribution in [0.2, 0.25) is 0 Å². The molecule has 1 aromatic heterocycles. The van der Waals surface area contributed by atoms with Gasteiger partial charge in [-0.3, -0.25) is 25.3 Å². The molecule has 0 saturated carbocycles. The molecule has 9 heteroatoms. The molecule has 0 radical (unpaired) electrons. The Morgan fingerprint density at radius 2 is 2.00 bits per heavy atom. The molecule has 120 valence electrons. The minimum Gasteiger partial charge on any atom is -0.294 e. The van der Waals surface area contributed by atoms with Gasteiger partial charge in [0.1, 0.15) is 5.56 Å². The molecule has 0 bridgehead atoms. The zero-order chi connectivity index (χ0) is 17.0. The second-order valence-corrected chi connectivity index (χ2v) is 5.48. The van der Waals surface area contributed by atoms with Gasteiger partial charge < -0.3 is 0 Å². The number of aryl methyl sites for hydroxylation is 1. The van der Waals surface area contributed by atoms with Gasteiger partial charge in [-0.1, -0.05) is 15.9 Å². The maximum Gasteiger partial charge on any atom is 0.284 e. The SMILES string of the molecule is CN=C(NN)NC(=O)c1cc(C)nn(-c2ccc(Br)cc2)c1=O. The number of hydrogen-bond acceptors (Lipinski definition) is 5. The molecule has 0 aliphatic carbocycles. The normalized spacial score (nSPS) is 11.2. The highest BCUT2D eigenvalue weighted by molar-refractivity contribution is 9.10. The highest BCUT2D eigenvalue weighted by Crippen LogP contribution is 2.12. The van der Waals surface area contributed by atoms with E-state index in [2.05, 4.69) is 36.8 Å². The number of guanidine groups is 1. The molecule has 2 aromatic rings. The van der Waals surface area contributed by atoms with Crippen molar-refractivity contribution in [2.24, 2.45) is 10.8 Å². The molecule has 8 nitrogen and oxygen atoms in total. The summed E-state index contributed by atoms with van der Waals surface area (Å²) in [5.74, 6) is 4.65. The molecule has 0 aliphatic rings. The number of amides is 1. The third kappa shape index (κ3) is 3.82. The van der Waals surface area contributed by atoms with Crippen LogP contribution in [0.3, 0.4) is 0 Å². The standard InChI is InChI=1S/C14H15BrN6O2/c1-8-7-11(12(22)18-14(17-2)19-16)13(23)21(20-8)10-5-3-9(15)4-6-10/h3-7H,16H2,1-2H3,(H2,17,18,19,22). The molecular formula is C14H15BrN6O2. The van der Waals surface area contributed by atoms with Crippen LogP contribution in [0.4, 0.5) is 0 Å². The predicted molar refractivity (Wildman–Crippen MR) is 90.4 cm³/mol. The first kappa shape index (κ1) is 16.8. The molecule has 0 aliphatic heterocycles. The smallest absolute Gasteiger partial charge is 0.284 e. The average Bonchev–Trinajstić information content (AvgIpc) is 2.55. The Labute approximate surface area is 140 Å².